The maximum absolute atomic E-state index is 12.1. The molecule has 0 radical (unpaired) electrons. The van der Waals surface area contributed by atoms with Gasteiger partial charge in [-0.15, -0.1) is 11.8 Å². The summed E-state index contributed by atoms with van der Waals surface area (Å²) >= 11 is 1.98. The molecule has 2 aliphatic rings. The van der Waals surface area contributed by atoms with E-state index in [1.54, 1.807) is 0 Å². The van der Waals surface area contributed by atoms with Crippen LogP contribution in [0.2, 0.25) is 0 Å². The van der Waals surface area contributed by atoms with Crippen LogP contribution >= 0.6 is 11.8 Å². The van der Waals surface area contributed by atoms with E-state index in [9.17, 15) is 4.79 Å². The minimum absolute atomic E-state index is 0.219. The molecule has 3 aromatic rings. The standard InChI is InChI=1S/C25H27NO2S/c27-25(18-9-10-18)26-14-13-19-22(16-17-6-2-1-3-7-17)28-21-11-12-23-20(24(19)21)8-4-5-15-29-23/h1-3,6-7,11-12,18H,4-5,8-10,13-16H2,(H,26,27). The first-order chi connectivity index (χ1) is 14.3. The van der Waals surface area contributed by atoms with Gasteiger partial charge in [-0.2, -0.15) is 0 Å². The smallest absolute Gasteiger partial charge is 0.223 e. The van der Waals surface area contributed by atoms with Crippen LogP contribution in [0.25, 0.3) is 11.0 Å². The molecule has 1 aliphatic heterocycles. The lowest BCUT2D eigenvalue weighted by Gasteiger charge is -2.10. The van der Waals surface area contributed by atoms with Crippen LogP contribution in [0.3, 0.4) is 0 Å². The number of carbonyl (C=O) groups is 1. The third-order valence-corrected chi connectivity index (χ3v) is 7.20. The predicted octanol–water partition coefficient (Wildman–Crippen LogP) is 5.52. The van der Waals surface area contributed by atoms with Gasteiger partial charge in [0.2, 0.25) is 5.91 Å². The fourth-order valence-electron chi connectivity index (χ4n) is 4.32. The van der Waals surface area contributed by atoms with Crippen LogP contribution in [0.4, 0.5) is 0 Å². The molecule has 1 saturated carbocycles. The van der Waals surface area contributed by atoms with E-state index in [2.05, 4.69) is 41.7 Å². The first kappa shape index (κ1) is 18.8. The van der Waals surface area contributed by atoms with E-state index >= 15 is 0 Å². The third-order valence-electron chi connectivity index (χ3n) is 6.01. The van der Waals surface area contributed by atoms with E-state index < -0.39 is 0 Å². The van der Waals surface area contributed by atoms with Crippen molar-refractivity contribution in [3.8, 4) is 0 Å². The van der Waals surface area contributed by atoms with E-state index in [0.29, 0.717) is 6.54 Å². The van der Waals surface area contributed by atoms with Gasteiger partial charge in [-0.25, -0.2) is 0 Å². The number of rotatable bonds is 6. The van der Waals surface area contributed by atoms with E-state index in [1.165, 1.54) is 45.6 Å². The number of benzene rings is 2. The molecule has 5 rings (SSSR count). The molecule has 0 spiro atoms. The number of fused-ring (bicyclic) bond motifs is 3. The highest BCUT2D eigenvalue weighted by molar-refractivity contribution is 7.99. The molecular weight excluding hydrogens is 378 g/mol. The Balaban J connectivity index is 1.51. The van der Waals surface area contributed by atoms with Crippen LogP contribution in [0.15, 0.2) is 51.8 Å². The highest BCUT2D eigenvalue weighted by atomic mass is 32.2. The second-order valence-corrected chi connectivity index (χ2v) is 9.34. The number of furan rings is 1. The van der Waals surface area contributed by atoms with Gasteiger partial charge >= 0.3 is 0 Å². The Morgan fingerprint density at radius 3 is 2.79 bits per heavy atom. The third kappa shape index (κ3) is 4.09. The summed E-state index contributed by atoms with van der Waals surface area (Å²) in [4.78, 5) is 13.5. The number of nitrogens with one attached hydrogen (secondary N) is 1. The number of thioether (sulfide) groups is 1. The van der Waals surface area contributed by atoms with Gasteiger partial charge in [-0.3, -0.25) is 4.79 Å². The van der Waals surface area contributed by atoms with Crippen LogP contribution in [-0.2, 0) is 24.1 Å². The summed E-state index contributed by atoms with van der Waals surface area (Å²) in [5, 5.41) is 4.45. The number of amides is 1. The average molecular weight is 406 g/mol. The summed E-state index contributed by atoms with van der Waals surface area (Å²) in [6, 6.07) is 14.9. The Hall–Kier alpha value is -2.20. The highest BCUT2D eigenvalue weighted by Gasteiger charge is 2.29. The van der Waals surface area contributed by atoms with Crippen LogP contribution in [-0.4, -0.2) is 18.2 Å². The van der Waals surface area contributed by atoms with Crippen LogP contribution in [0.5, 0.6) is 0 Å². The molecule has 4 heteroatoms. The Kier molecular flexibility index (Phi) is 5.36. The van der Waals surface area contributed by atoms with Gasteiger partial charge in [0.1, 0.15) is 11.3 Å². The molecule has 0 atom stereocenters. The number of aryl methyl sites for hydroxylation is 1. The van der Waals surface area contributed by atoms with Crippen molar-refractivity contribution in [2.45, 2.75) is 49.8 Å². The van der Waals surface area contributed by atoms with Gasteiger partial charge in [0, 0.05) is 34.7 Å². The molecule has 1 aromatic heterocycles. The minimum atomic E-state index is 0.219. The summed E-state index contributed by atoms with van der Waals surface area (Å²) in [5.74, 6) is 2.72. The largest absolute Gasteiger partial charge is 0.460 e. The highest BCUT2D eigenvalue weighted by Crippen LogP contribution is 2.39. The zero-order valence-corrected chi connectivity index (χ0v) is 17.5. The molecule has 150 valence electrons. The van der Waals surface area contributed by atoms with Gasteiger partial charge in [-0.1, -0.05) is 30.3 Å². The Labute approximate surface area is 176 Å². The van der Waals surface area contributed by atoms with Gasteiger partial charge in [0.05, 0.1) is 0 Å². The second kappa shape index (κ2) is 8.27. The predicted molar refractivity (Wildman–Crippen MR) is 119 cm³/mol. The molecule has 1 N–H and O–H groups in total. The van der Waals surface area contributed by atoms with Crippen molar-refractivity contribution in [3.63, 3.8) is 0 Å². The molecule has 0 saturated heterocycles. The van der Waals surface area contributed by atoms with E-state index in [1.807, 2.05) is 17.8 Å². The zero-order chi connectivity index (χ0) is 19.6. The maximum Gasteiger partial charge on any atom is 0.223 e. The van der Waals surface area contributed by atoms with Crippen molar-refractivity contribution in [3.05, 3.63) is 64.9 Å². The second-order valence-electron chi connectivity index (χ2n) is 8.20. The van der Waals surface area contributed by atoms with Crippen molar-refractivity contribution in [2.24, 2.45) is 5.92 Å². The topological polar surface area (TPSA) is 42.2 Å². The lowest BCUT2D eigenvalue weighted by atomic mass is 9.97. The summed E-state index contributed by atoms with van der Waals surface area (Å²) in [6.45, 7) is 0.683. The van der Waals surface area contributed by atoms with Gasteiger partial charge in [-0.05, 0) is 67.5 Å². The van der Waals surface area contributed by atoms with Crippen molar-refractivity contribution < 1.29 is 9.21 Å². The Morgan fingerprint density at radius 2 is 1.97 bits per heavy atom. The molecule has 1 amide bonds. The molecule has 3 nitrogen and oxygen atoms in total. The molecule has 0 unspecified atom stereocenters. The molecule has 1 fully saturated rings. The monoisotopic (exact) mass is 405 g/mol. The van der Waals surface area contributed by atoms with Crippen molar-refractivity contribution in [1.82, 2.24) is 5.32 Å². The van der Waals surface area contributed by atoms with E-state index in [4.69, 9.17) is 4.42 Å². The SMILES string of the molecule is O=C(NCCc1c(Cc2ccccc2)oc2ccc3c(c12)CCCCS3)C1CC1. The average Bonchev–Trinajstić information content (AvgIpc) is 3.56. The lowest BCUT2D eigenvalue weighted by molar-refractivity contribution is -0.122. The Morgan fingerprint density at radius 1 is 1.10 bits per heavy atom. The Bertz CT molecular complexity index is 1020. The van der Waals surface area contributed by atoms with Crippen molar-refractivity contribution in [2.75, 3.05) is 12.3 Å². The molecule has 29 heavy (non-hydrogen) atoms. The summed E-state index contributed by atoms with van der Waals surface area (Å²) in [5.41, 5.74) is 5.01. The first-order valence-electron chi connectivity index (χ1n) is 10.8. The molecule has 1 aliphatic carbocycles. The molecular formula is C25H27NO2S. The van der Waals surface area contributed by atoms with E-state index in [-0.39, 0.29) is 11.8 Å². The molecule has 0 bridgehead atoms. The summed E-state index contributed by atoms with van der Waals surface area (Å²) < 4.78 is 6.41. The zero-order valence-electron chi connectivity index (χ0n) is 16.7. The maximum atomic E-state index is 12.1. The fraction of sp³-hybridized carbons (Fsp3) is 0.400. The molecule has 2 aromatic carbocycles. The van der Waals surface area contributed by atoms with Crippen LogP contribution in [0.1, 0.15) is 48.1 Å². The van der Waals surface area contributed by atoms with Gasteiger partial charge in [0.15, 0.2) is 0 Å². The summed E-state index contributed by atoms with van der Waals surface area (Å²) in [7, 11) is 0. The summed E-state index contributed by atoms with van der Waals surface area (Å²) in [6.07, 6.45) is 7.33. The van der Waals surface area contributed by atoms with Gasteiger partial charge in [0.25, 0.3) is 0 Å². The number of carbonyl (C=O) groups excluding carboxylic acids is 1. The van der Waals surface area contributed by atoms with Crippen molar-refractivity contribution in [1.29, 1.82) is 0 Å². The van der Waals surface area contributed by atoms with Crippen LogP contribution in [0, 0.1) is 5.92 Å². The number of hydrogen-bond acceptors (Lipinski definition) is 3. The first-order valence-corrected chi connectivity index (χ1v) is 11.8. The van der Waals surface area contributed by atoms with Crippen LogP contribution < -0.4 is 5.32 Å². The van der Waals surface area contributed by atoms with Crippen molar-refractivity contribution >= 4 is 28.6 Å². The van der Waals surface area contributed by atoms with E-state index in [0.717, 1.165) is 43.4 Å². The minimum Gasteiger partial charge on any atom is -0.460 e. The fourth-order valence-corrected chi connectivity index (χ4v) is 5.43. The molecule has 2 heterocycles. The lowest BCUT2D eigenvalue weighted by Crippen LogP contribution is -2.27. The quantitative estimate of drug-likeness (QED) is 0.587. The normalized spacial score (nSPS) is 16.4. The number of hydrogen-bond donors (Lipinski definition) is 1. The van der Waals surface area contributed by atoms with Gasteiger partial charge < -0.3 is 9.73 Å².